The standard InChI is InChI=1S/C9H11NO3S/c1-10-9(11)13-14-8-5-3-7(12-2)4-6-8/h3-6H,1-2H3,(H,10,11). The zero-order chi connectivity index (χ0) is 10.4. The lowest BCUT2D eigenvalue weighted by atomic mass is 10.3. The van der Waals surface area contributed by atoms with E-state index >= 15 is 0 Å². The van der Waals surface area contributed by atoms with Gasteiger partial charge in [0.1, 0.15) is 5.75 Å². The minimum atomic E-state index is -0.467. The minimum Gasteiger partial charge on any atom is -0.497 e. The normalized spacial score (nSPS) is 9.29. The van der Waals surface area contributed by atoms with E-state index in [9.17, 15) is 4.79 Å². The Morgan fingerprint density at radius 2 is 2.00 bits per heavy atom. The van der Waals surface area contributed by atoms with Crippen LogP contribution in [0.15, 0.2) is 29.2 Å². The van der Waals surface area contributed by atoms with Crippen LogP contribution < -0.4 is 10.1 Å². The Morgan fingerprint density at radius 1 is 1.36 bits per heavy atom. The molecule has 0 saturated carbocycles. The van der Waals surface area contributed by atoms with Crippen molar-refractivity contribution in [3.05, 3.63) is 24.3 Å². The number of hydrogen-bond donors (Lipinski definition) is 1. The summed E-state index contributed by atoms with van der Waals surface area (Å²) in [6.45, 7) is 0. The summed E-state index contributed by atoms with van der Waals surface area (Å²) in [5.74, 6) is 0.772. The highest BCUT2D eigenvalue weighted by Crippen LogP contribution is 2.21. The first kappa shape index (κ1) is 10.7. The smallest absolute Gasteiger partial charge is 0.419 e. The van der Waals surface area contributed by atoms with E-state index in [0.29, 0.717) is 0 Å². The first-order valence-corrected chi connectivity index (χ1v) is 4.70. The predicted octanol–water partition coefficient (Wildman–Crippen LogP) is 2.06. The van der Waals surface area contributed by atoms with Gasteiger partial charge in [-0.2, -0.15) is 0 Å². The average Bonchev–Trinajstić information content (AvgIpc) is 2.26. The quantitative estimate of drug-likeness (QED) is 0.781. The van der Waals surface area contributed by atoms with Gasteiger partial charge in [0.15, 0.2) is 0 Å². The second-order valence-electron chi connectivity index (χ2n) is 2.38. The Balaban J connectivity index is 2.47. The SMILES string of the molecule is CNC(=O)OSc1ccc(OC)cc1. The van der Waals surface area contributed by atoms with Crippen molar-refractivity contribution in [3.8, 4) is 5.75 Å². The molecule has 1 N–H and O–H groups in total. The van der Waals surface area contributed by atoms with Crippen molar-refractivity contribution in [3.63, 3.8) is 0 Å². The Hall–Kier alpha value is -1.36. The van der Waals surface area contributed by atoms with Crippen LogP contribution in [0.1, 0.15) is 0 Å². The highest BCUT2D eigenvalue weighted by Gasteiger charge is 2.00. The maximum absolute atomic E-state index is 10.7. The number of nitrogens with one attached hydrogen (secondary N) is 1. The summed E-state index contributed by atoms with van der Waals surface area (Å²) in [6, 6.07) is 7.23. The fraction of sp³-hybridized carbons (Fsp3) is 0.222. The molecule has 0 spiro atoms. The van der Waals surface area contributed by atoms with Gasteiger partial charge in [0.2, 0.25) is 0 Å². The van der Waals surface area contributed by atoms with Crippen molar-refractivity contribution in [2.45, 2.75) is 4.90 Å². The van der Waals surface area contributed by atoms with E-state index in [0.717, 1.165) is 22.7 Å². The van der Waals surface area contributed by atoms with Gasteiger partial charge in [-0.05, 0) is 24.3 Å². The number of carbonyl (C=O) groups is 1. The summed E-state index contributed by atoms with van der Waals surface area (Å²) in [7, 11) is 3.11. The van der Waals surface area contributed by atoms with Crippen LogP contribution in [0.2, 0.25) is 0 Å². The van der Waals surface area contributed by atoms with Gasteiger partial charge in [-0.25, -0.2) is 4.79 Å². The van der Waals surface area contributed by atoms with Gasteiger partial charge in [-0.3, -0.25) is 0 Å². The summed E-state index contributed by atoms with van der Waals surface area (Å²) < 4.78 is 9.76. The first-order chi connectivity index (χ1) is 6.76. The number of rotatable bonds is 3. The van der Waals surface area contributed by atoms with E-state index in [1.54, 1.807) is 19.2 Å². The van der Waals surface area contributed by atoms with Crippen molar-refractivity contribution in [2.75, 3.05) is 14.2 Å². The molecule has 0 heterocycles. The molecule has 4 nitrogen and oxygen atoms in total. The molecule has 1 amide bonds. The second kappa shape index (κ2) is 5.39. The van der Waals surface area contributed by atoms with E-state index in [2.05, 4.69) is 5.32 Å². The van der Waals surface area contributed by atoms with Gasteiger partial charge in [-0.1, -0.05) is 0 Å². The van der Waals surface area contributed by atoms with Gasteiger partial charge < -0.3 is 14.2 Å². The molecular weight excluding hydrogens is 202 g/mol. The molecule has 0 aliphatic carbocycles. The summed E-state index contributed by atoms with van der Waals surface area (Å²) >= 11 is 1.00. The van der Waals surface area contributed by atoms with Gasteiger partial charge in [0.25, 0.3) is 0 Å². The van der Waals surface area contributed by atoms with Gasteiger partial charge in [-0.15, -0.1) is 0 Å². The van der Waals surface area contributed by atoms with Crippen molar-refractivity contribution < 1.29 is 13.7 Å². The number of methoxy groups -OCH3 is 1. The Kier molecular flexibility index (Phi) is 4.12. The number of carbonyl (C=O) groups excluding carboxylic acids is 1. The molecule has 1 aromatic rings. The number of hydrogen-bond acceptors (Lipinski definition) is 4. The third kappa shape index (κ3) is 3.18. The topological polar surface area (TPSA) is 47.6 Å². The molecule has 0 aliphatic rings. The van der Waals surface area contributed by atoms with Crippen LogP contribution in [0.5, 0.6) is 5.75 Å². The van der Waals surface area contributed by atoms with Crippen LogP contribution >= 0.6 is 12.0 Å². The van der Waals surface area contributed by atoms with Crippen molar-refractivity contribution >= 4 is 18.1 Å². The van der Waals surface area contributed by atoms with Gasteiger partial charge >= 0.3 is 6.09 Å². The molecule has 76 valence electrons. The summed E-state index contributed by atoms with van der Waals surface area (Å²) in [5, 5.41) is 2.35. The summed E-state index contributed by atoms with van der Waals surface area (Å²) in [5.41, 5.74) is 0. The number of benzene rings is 1. The molecule has 1 rings (SSSR count). The molecule has 1 aromatic carbocycles. The number of amides is 1. The molecule has 5 heteroatoms. The molecule has 0 unspecified atom stereocenters. The van der Waals surface area contributed by atoms with Crippen LogP contribution in [0, 0.1) is 0 Å². The molecular formula is C9H11NO3S. The number of ether oxygens (including phenoxy) is 1. The van der Waals surface area contributed by atoms with E-state index in [1.165, 1.54) is 7.05 Å². The molecule has 0 aromatic heterocycles. The lowest BCUT2D eigenvalue weighted by molar-refractivity contribution is 0.211. The highest BCUT2D eigenvalue weighted by molar-refractivity contribution is 7.95. The lowest BCUT2D eigenvalue weighted by Crippen LogP contribution is -2.15. The van der Waals surface area contributed by atoms with Crippen LogP contribution in [0.25, 0.3) is 0 Å². The minimum absolute atomic E-state index is 0.467. The Labute approximate surface area is 86.8 Å². The van der Waals surface area contributed by atoms with E-state index < -0.39 is 6.09 Å². The molecule has 0 saturated heterocycles. The van der Waals surface area contributed by atoms with E-state index in [1.807, 2.05) is 12.1 Å². The van der Waals surface area contributed by atoms with Crippen molar-refractivity contribution in [1.29, 1.82) is 0 Å². The van der Waals surface area contributed by atoms with Crippen LogP contribution in [-0.2, 0) is 4.18 Å². The highest BCUT2D eigenvalue weighted by atomic mass is 32.2. The van der Waals surface area contributed by atoms with Crippen LogP contribution in [-0.4, -0.2) is 20.3 Å². The third-order valence-corrected chi connectivity index (χ3v) is 2.18. The zero-order valence-corrected chi connectivity index (χ0v) is 8.76. The molecule has 0 radical (unpaired) electrons. The van der Waals surface area contributed by atoms with Crippen molar-refractivity contribution in [2.24, 2.45) is 0 Å². The molecule has 0 fully saturated rings. The van der Waals surface area contributed by atoms with Crippen LogP contribution in [0.4, 0.5) is 4.79 Å². The molecule has 14 heavy (non-hydrogen) atoms. The largest absolute Gasteiger partial charge is 0.497 e. The maximum atomic E-state index is 10.7. The molecule has 0 bridgehead atoms. The predicted molar refractivity (Wildman–Crippen MR) is 54.4 cm³/mol. The summed E-state index contributed by atoms with van der Waals surface area (Å²) in [6.07, 6.45) is -0.467. The zero-order valence-electron chi connectivity index (χ0n) is 7.94. The van der Waals surface area contributed by atoms with E-state index in [-0.39, 0.29) is 0 Å². The Morgan fingerprint density at radius 3 is 2.50 bits per heavy atom. The summed E-state index contributed by atoms with van der Waals surface area (Å²) in [4.78, 5) is 11.6. The average molecular weight is 213 g/mol. The van der Waals surface area contributed by atoms with Crippen LogP contribution in [0.3, 0.4) is 0 Å². The monoisotopic (exact) mass is 213 g/mol. The van der Waals surface area contributed by atoms with Gasteiger partial charge in [0.05, 0.1) is 19.2 Å². The fourth-order valence-electron chi connectivity index (χ4n) is 0.759. The molecule has 0 aliphatic heterocycles. The van der Waals surface area contributed by atoms with Crippen molar-refractivity contribution in [1.82, 2.24) is 5.32 Å². The Bertz CT molecular complexity index is 299. The second-order valence-corrected chi connectivity index (χ2v) is 3.18. The third-order valence-electron chi connectivity index (χ3n) is 1.48. The lowest BCUT2D eigenvalue weighted by Gasteiger charge is -2.02. The fourth-order valence-corrected chi connectivity index (χ4v) is 1.26. The maximum Gasteiger partial charge on any atom is 0.419 e. The van der Waals surface area contributed by atoms with Gasteiger partial charge in [0, 0.05) is 11.9 Å². The molecule has 0 atom stereocenters. The van der Waals surface area contributed by atoms with E-state index in [4.69, 9.17) is 8.92 Å². The first-order valence-electron chi connectivity index (χ1n) is 3.96.